The van der Waals surface area contributed by atoms with Crippen LogP contribution in [0.1, 0.15) is 22.5 Å². The maximum Gasteiger partial charge on any atom is 0.337 e. The Morgan fingerprint density at radius 1 is 1.03 bits per heavy atom. The van der Waals surface area contributed by atoms with E-state index in [1.165, 1.54) is 14.2 Å². The van der Waals surface area contributed by atoms with E-state index in [4.69, 9.17) is 32.7 Å². The number of methoxy groups -OCH3 is 2. The second kappa shape index (κ2) is 13.6. The largest absolute Gasteiger partial charge is 0.491 e. The highest BCUT2D eigenvalue weighted by Gasteiger charge is 2.18. The summed E-state index contributed by atoms with van der Waals surface area (Å²) >= 11 is 12.2. The third-order valence-electron chi connectivity index (χ3n) is 6.59. The molecule has 0 saturated carbocycles. The van der Waals surface area contributed by atoms with Gasteiger partial charge in [0.15, 0.2) is 5.76 Å². The van der Waals surface area contributed by atoms with E-state index in [0.717, 1.165) is 61.4 Å². The monoisotopic (exact) mass is 570 g/mol. The number of nitrogens with zero attached hydrogens (tertiary/aromatic N) is 2. The number of hydrogen-bond donors (Lipinski definition) is 2. The molecule has 39 heavy (non-hydrogen) atoms. The lowest BCUT2D eigenvalue weighted by Gasteiger charge is -2.36. The molecule has 0 unspecified atom stereocenters. The number of hydrogen-bond acceptors (Lipinski definition) is 6. The summed E-state index contributed by atoms with van der Waals surface area (Å²) in [4.78, 5) is 32.3. The number of esters is 1. The van der Waals surface area contributed by atoms with Gasteiger partial charge in [-0.15, -0.1) is 0 Å². The standard InChI is InChI=1S/C29H32Cl2N4O4/c1-38-27(9-4-7-22-16-21-18-24(30)25(31)19-26(21)33-22)28(36)32-10-5-11-34-12-14-35(15-13-34)23-8-3-6-20(17-23)29(37)39-2/h3-4,6-9,16-19,33H,5,10-15H2,1-2H3,(H,32,36)/b7-4+,27-9-. The molecule has 0 radical (unpaired) electrons. The van der Waals surface area contributed by atoms with Crippen LogP contribution in [0.4, 0.5) is 5.69 Å². The topological polar surface area (TPSA) is 86.9 Å². The fourth-order valence-corrected chi connectivity index (χ4v) is 4.82. The van der Waals surface area contributed by atoms with Crippen LogP contribution in [0.5, 0.6) is 0 Å². The van der Waals surface area contributed by atoms with Gasteiger partial charge in [0.25, 0.3) is 5.91 Å². The number of halogens is 2. The Labute approximate surface area is 238 Å². The zero-order valence-electron chi connectivity index (χ0n) is 22.0. The molecule has 10 heteroatoms. The lowest BCUT2D eigenvalue weighted by Crippen LogP contribution is -2.47. The number of ether oxygens (including phenoxy) is 2. The number of amides is 1. The predicted octanol–water partition coefficient (Wildman–Crippen LogP) is 5.13. The number of rotatable bonds is 10. The first-order valence-corrected chi connectivity index (χ1v) is 13.5. The molecular formula is C29H32Cl2N4O4. The Hall–Kier alpha value is -3.46. The van der Waals surface area contributed by atoms with Crippen LogP contribution < -0.4 is 10.2 Å². The highest BCUT2D eigenvalue weighted by atomic mass is 35.5. The predicted molar refractivity (Wildman–Crippen MR) is 157 cm³/mol. The van der Waals surface area contributed by atoms with Crippen LogP contribution in [0, 0.1) is 0 Å². The van der Waals surface area contributed by atoms with Crippen LogP contribution in [0.25, 0.3) is 17.0 Å². The van der Waals surface area contributed by atoms with Gasteiger partial charge in [-0.05, 0) is 61.5 Å². The quantitative estimate of drug-likeness (QED) is 0.115. The van der Waals surface area contributed by atoms with Crippen molar-refractivity contribution >= 4 is 57.7 Å². The minimum absolute atomic E-state index is 0.233. The molecule has 4 rings (SSSR count). The van der Waals surface area contributed by atoms with E-state index in [-0.39, 0.29) is 17.6 Å². The number of H-pyrrole nitrogens is 1. The molecule has 0 bridgehead atoms. The third-order valence-corrected chi connectivity index (χ3v) is 7.31. The number of allylic oxidation sites excluding steroid dienone is 2. The Morgan fingerprint density at radius 2 is 1.79 bits per heavy atom. The molecule has 1 fully saturated rings. The lowest BCUT2D eigenvalue weighted by atomic mass is 10.1. The van der Waals surface area contributed by atoms with Gasteiger partial charge in [0, 0.05) is 55.0 Å². The van der Waals surface area contributed by atoms with Gasteiger partial charge < -0.3 is 24.7 Å². The lowest BCUT2D eigenvalue weighted by molar-refractivity contribution is -0.120. The summed E-state index contributed by atoms with van der Waals surface area (Å²) in [6.07, 6.45) is 6.07. The average molecular weight is 572 g/mol. The van der Waals surface area contributed by atoms with Crippen molar-refractivity contribution in [3.05, 3.63) is 81.7 Å². The zero-order valence-corrected chi connectivity index (χ0v) is 23.5. The summed E-state index contributed by atoms with van der Waals surface area (Å²) in [6, 6.07) is 13.1. The van der Waals surface area contributed by atoms with Crippen LogP contribution in [-0.2, 0) is 14.3 Å². The highest BCUT2D eigenvalue weighted by Crippen LogP contribution is 2.28. The molecule has 8 nitrogen and oxygen atoms in total. The Bertz CT molecular complexity index is 1340. The van der Waals surface area contributed by atoms with Crippen molar-refractivity contribution in [1.82, 2.24) is 15.2 Å². The zero-order chi connectivity index (χ0) is 27.8. The summed E-state index contributed by atoms with van der Waals surface area (Å²) in [5.41, 5.74) is 3.32. The first-order chi connectivity index (χ1) is 18.9. The van der Waals surface area contributed by atoms with E-state index in [1.807, 2.05) is 36.4 Å². The Balaban J connectivity index is 1.20. The van der Waals surface area contributed by atoms with Crippen molar-refractivity contribution in [1.29, 1.82) is 0 Å². The van der Waals surface area contributed by atoms with Crippen LogP contribution in [0.2, 0.25) is 10.0 Å². The number of nitrogens with one attached hydrogen (secondary N) is 2. The number of piperazine rings is 1. The number of benzene rings is 2. The van der Waals surface area contributed by atoms with Crippen molar-refractivity contribution in [2.24, 2.45) is 0 Å². The van der Waals surface area contributed by atoms with Crippen molar-refractivity contribution in [2.75, 3.05) is 58.4 Å². The van der Waals surface area contributed by atoms with Gasteiger partial charge in [0.1, 0.15) is 0 Å². The summed E-state index contributed by atoms with van der Waals surface area (Å²) in [6.45, 7) is 5.00. The first kappa shape index (κ1) is 28.5. The molecule has 2 heterocycles. The molecular weight excluding hydrogens is 539 g/mol. The van der Waals surface area contributed by atoms with Gasteiger partial charge >= 0.3 is 5.97 Å². The molecule has 1 amide bonds. The SMILES string of the molecule is COC(=O)c1cccc(N2CCN(CCCNC(=O)/C(=C/C=C/c3cc4cc(Cl)c(Cl)cc4[nH]3)OC)CC2)c1. The molecule has 0 spiro atoms. The molecule has 206 valence electrons. The molecule has 1 aromatic heterocycles. The van der Waals surface area contributed by atoms with E-state index < -0.39 is 0 Å². The minimum atomic E-state index is -0.328. The molecule has 1 saturated heterocycles. The molecule has 3 aromatic rings. The molecule has 1 aliphatic rings. The van der Waals surface area contributed by atoms with Gasteiger partial charge in [-0.1, -0.05) is 35.3 Å². The van der Waals surface area contributed by atoms with Gasteiger partial charge in [0.05, 0.1) is 29.8 Å². The highest BCUT2D eigenvalue weighted by molar-refractivity contribution is 6.42. The van der Waals surface area contributed by atoms with Gasteiger partial charge in [-0.2, -0.15) is 0 Å². The normalized spacial score (nSPS) is 14.7. The summed E-state index contributed by atoms with van der Waals surface area (Å²) in [5.74, 6) is -0.352. The fraction of sp³-hybridized carbons (Fsp3) is 0.310. The summed E-state index contributed by atoms with van der Waals surface area (Å²) in [5, 5.41) is 4.87. The first-order valence-electron chi connectivity index (χ1n) is 12.7. The molecule has 2 aromatic carbocycles. The Kier molecular flexibility index (Phi) is 9.92. The smallest absolute Gasteiger partial charge is 0.337 e. The average Bonchev–Trinajstić information content (AvgIpc) is 3.34. The third kappa shape index (κ3) is 7.56. The Morgan fingerprint density at radius 3 is 2.54 bits per heavy atom. The van der Waals surface area contributed by atoms with Gasteiger partial charge in [0.2, 0.25) is 0 Å². The van der Waals surface area contributed by atoms with Gasteiger partial charge in [-0.25, -0.2) is 4.79 Å². The second-order valence-electron chi connectivity index (χ2n) is 9.15. The van der Waals surface area contributed by atoms with E-state index in [9.17, 15) is 9.59 Å². The number of aromatic nitrogens is 1. The number of aromatic amines is 1. The fourth-order valence-electron chi connectivity index (χ4n) is 4.48. The van der Waals surface area contributed by atoms with E-state index in [0.29, 0.717) is 22.2 Å². The molecule has 1 aliphatic heterocycles. The van der Waals surface area contributed by atoms with Gasteiger partial charge in [-0.3, -0.25) is 9.69 Å². The summed E-state index contributed by atoms with van der Waals surface area (Å²) in [7, 11) is 2.87. The molecule has 0 aliphatic carbocycles. The number of carbonyl (C=O) groups excluding carboxylic acids is 2. The van der Waals surface area contributed by atoms with Crippen molar-refractivity contribution in [2.45, 2.75) is 6.42 Å². The van der Waals surface area contributed by atoms with E-state index >= 15 is 0 Å². The number of anilines is 1. The minimum Gasteiger partial charge on any atom is -0.491 e. The van der Waals surface area contributed by atoms with Crippen molar-refractivity contribution < 1.29 is 19.1 Å². The van der Waals surface area contributed by atoms with Crippen molar-refractivity contribution in [3.8, 4) is 0 Å². The van der Waals surface area contributed by atoms with E-state index in [2.05, 4.69) is 20.1 Å². The van der Waals surface area contributed by atoms with Crippen molar-refractivity contribution in [3.63, 3.8) is 0 Å². The summed E-state index contributed by atoms with van der Waals surface area (Å²) < 4.78 is 10.1. The van der Waals surface area contributed by atoms with Crippen LogP contribution in [-0.4, -0.2) is 75.2 Å². The number of fused-ring (bicyclic) bond motifs is 1. The van der Waals surface area contributed by atoms with Crippen LogP contribution in [0.3, 0.4) is 0 Å². The van der Waals surface area contributed by atoms with Crippen LogP contribution in [0.15, 0.2) is 60.4 Å². The maximum atomic E-state index is 12.6. The number of carbonyl (C=O) groups is 2. The molecule has 2 N–H and O–H groups in total. The second-order valence-corrected chi connectivity index (χ2v) is 9.97. The maximum absolute atomic E-state index is 12.6. The van der Waals surface area contributed by atoms with E-state index in [1.54, 1.807) is 24.3 Å². The molecule has 0 atom stereocenters. The van der Waals surface area contributed by atoms with Crippen LogP contribution >= 0.6 is 23.2 Å².